The maximum Gasteiger partial charge on any atom is 0.0991 e. The van der Waals surface area contributed by atoms with Crippen LogP contribution in [0.1, 0.15) is 22.9 Å². The van der Waals surface area contributed by atoms with Crippen molar-refractivity contribution in [2.24, 2.45) is 0 Å². The van der Waals surface area contributed by atoms with Crippen molar-refractivity contribution in [3.63, 3.8) is 0 Å². The molecule has 0 saturated heterocycles. The highest BCUT2D eigenvalue weighted by atomic mass is 79.9. The van der Waals surface area contributed by atoms with E-state index in [-0.39, 0.29) is 6.04 Å². The highest BCUT2D eigenvalue weighted by molar-refractivity contribution is 9.10. The number of nitrogens with one attached hydrogen (secondary N) is 1. The molecular weight excluding hydrogens is 376 g/mol. The topological polar surface area (TPSA) is 57.4 Å². The molecule has 0 spiro atoms. The molecule has 25 heavy (non-hydrogen) atoms. The molecule has 2 aromatic heterocycles. The molecule has 122 valence electrons. The molecule has 4 rings (SSSR count). The van der Waals surface area contributed by atoms with Crippen molar-refractivity contribution in [3.8, 4) is 6.07 Å². The Balaban J connectivity index is 1.78. The van der Waals surface area contributed by atoms with E-state index in [0.717, 1.165) is 16.6 Å². The molecule has 0 radical (unpaired) electrons. The van der Waals surface area contributed by atoms with Gasteiger partial charge in [0, 0.05) is 21.6 Å². The standard InChI is InChI=1S/C20H15BrN4/c21-17-2-1-3-19-16(17)8-9-25(19)20(18-12-23-13-24-18)10-14-4-6-15(11-22)7-5-14/h1-9,12-13,20H,10H2,(H,23,24). The lowest BCUT2D eigenvalue weighted by Gasteiger charge is -2.19. The normalized spacial score (nSPS) is 12.2. The van der Waals surface area contributed by atoms with Gasteiger partial charge in [-0.2, -0.15) is 5.26 Å². The first kappa shape index (κ1) is 15.7. The summed E-state index contributed by atoms with van der Waals surface area (Å²) in [7, 11) is 0. The summed E-state index contributed by atoms with van der Waals surface area (Å²) in [5, 5.41) is 10.2. The summed E-state index contributed by atoms with van der Waals surface area (Å²) in [5.74, 6) is 0. The SMILES string of the molecule is N#Cc1ccc(CC(c2cnc[nH]2)n2ccc3c(Br)cccc32)cc1. The minimum absolute atomic E-state index is 0.0993. The van der Waals surface area contributed by atoms with E-state index in [1.165, 1.54) is 16.5 Å². The van der Waals surface area contributed by atoms with Crippen LogP contribution in [0, 0.1) is 11.3 Å². The van der Waals surface area contributed by atoms with Gasteiger partial charge >= 0.3 is 0 Å². The first-order chi connectivity index (χ1) is 12.3. The Morgan fingerprint density at radius 2 is 2.00 bits per heavy atom. The maximum absolute atomic E-state index is 8.98. The molecular formula is C20H15BrN4. The molecule has 5 heteroatoms. The van der Waals surface area contributed by atoms with E-state index in [1.807, 2.05) is 30.5 Å². The van der Waals surface area contributed by atoms with Crippen molar-refractivity contribution >= 4 is 26.8 Å². The van der Waals surface area contributed by atoms with Gasteiger partial charge in [0.2, 0.25) is 0 Å². The van der Waals surface area contributed by atoms with E-state index in [1.54, 1.807) is 6.33 Å². The summed E-state index contributed by atoms with van der Waals surface area (Å²) in [4.78, 5) is 7.45. The molecule has 0 aliphatic carbocycles. The van der Waals surface area contributed by atoms with Crippen LogP contribution >= 0.6 is 15.9 Å². The zero-order valence-corrected chi connectivity index (χ0v) is 14.9. The van der Waals surface area contributed by atoms with Crippen LogP contribution in [0.4, 0.5) is 0 Å². The smallest absolute Gasteiger partial charge is 0.0991 e. The molecule has 4 nitrogen and oxygen atoms in total. The Kier molecular flexibility index (Phi) is 4.12. The minimum atomic E-state index is 0.0993. The number of aromatic amines is 1. The monoisotopic (exact) mass is 390 g/mol. The van der Waals surface area contributed by atoms with Crippen LogP contribution in [0.15, 0.2) is 71.7 Å². The number of aromatic nitrogens is 3. The predicted octanol–water partition coefficient (Wildman–Crippen LogP) is 4.83. The average molecular weight is 391 g/mol. The van der Waals surface area contributed by atoms with E-state index in [2.05, 4.69) is 67.0 Å². The molecule has 1 unspecified atom stereocenters. The van der Waals surface area contributed by atoms with E-state index in [4.69, 9.17) is 5.26 Å². The Hall–Kier alpha value is -2.84. The fourth-order valence-electron chi connectivity index (χ4n) is 3.17. The van der Waals surface area contributed by atoms with E-state index in [9.17, 15) is 0 Å². The van der Waals surface area contributed by atoms with Crippen molar-refractivity contribution in [1.82, 2.24) is 14.5 Å². The van der Waals surface area contributed by atoms with Crippen molar-refractivity contribution in [3.05, 3.63) is 88.5 Å². The van der Waals surface area contributed by atoms with Gasteiger partial charge in [-0.25, -0.2) is 4.98 Å². The molecule has 1 atom stereocenters. The quantitative estimate of drug-likeness (QED) is 0.542. The third kappa shape index (κ3) is 2.97. The van der Waals surface area contributed by atoms with Crippen LogP contribution < -0.4 is 0 Å². The second kappa shape index (κ2) is 6.58. The van der Waals surface area contributed by atoms with E-state index < -0.39 is 0 Å². The van der Waals surface area contributed by atoms with E-state index in [0.29, 0.717) is 5.56 Å². The molecule has 0 amide bonds. The molecule has 0 bridgehead atoms. The number of halogens is 1. The first-order valence-electron chi connectivity index (χ1n) is 7.98. The molecule has 0 aliphatic rings. The van der Waals surface area contributed by atoms with Crippen LogP contribution in [0.5, 0.6) is 0 Å². The Bertz CT molecular complexity index is 1040. The number of nitriles is 1. The van der Waals surface area contributed by atoms with Gasteiger partial charge in [-0.05, 0) is 42.3 Å². The summed E-state index contributed by atoms with van der Waals surface area (Å²) in [6.07, 6.45) is 6.51. The van der Waals surface area contributed by atoms with Gasteiger partial charge in [0.15, 0.2) is 0 Å². The molecule has 0 fully saturated rings. The number of benzene rings is 2. The number of hydrogen-bond acceptors (Lipinski definition) is 2. The highest BCUT2D eigenvalue weighted by Crippen LogP contribution is 2.30. The van der Waals surface area contributed by atoms with Crippen molar-refractivity contribution in [1.29, 1.82) is 5.26 Å². The van der Waals surface area contributed by atoms with Gasteiger partial charge in [-0.3, -0.25) is 0 Å². The van der Waals surface area contributed by atoms with Gasteiger partial charge in [0.1, 0.15) is 0 Å². The van der Waals surface area contributed by atoms with Crippen molar-refractivity contribution in [2.45, 2.75) is 12.5 Å². The molecule has 1 N–H and O–H groups in total. The molecule has 2 heterocycles. The summed E-state index contributed by atoms with van der Waals surface area (Å²) in [6.45, 7) is 0. The largest absolute Gasteiger partial charge is 0.347 e. The fourth-order valence-corrected chi connectivity index (χ4v) is 3.66. The minimum Gasteiger partial charge on any atom is -0.347 e. The highest BCUT2D eigenvalue weighted by Gasteiger charge is 2.18. The van der Waals surface area contributed by atoms with Gasteiger partial charge in [-0.15, -0.1) is 0 Å². The number of H-pyrrole nitrogens is 1. The van der Waals surface area contributed by atoms with Gasteiger partial charge in [-0.1, -0.05) is 34.1 Å². The summed E-state index contributed by atoms with van der Waals surface area (Å²) >= 11 is 3.63. The Labute approximate surface area is 153 Å². The number of nitrogens with zero attached hydrogens (tertiary/aromatic N) is 3. The predicted molar refractivity (Wildman–Crippen MR) is 101 cm³/mol. The average Bonchev–Trinajstić information content (AvgIpc) is 3.31. The second-order valence-corrected chi connectivity index (χ2v) is 6.79. The van der Waals surface area contributed by atoms with Crippen molar-refractivity contribution < 1.29 is 0 Å². The van der Waals surface area contributed by atoms with Gasteiger partial charge in [0.25, 0.3) is 0 Å². The number of rotatable bonds is 4. The van der Waals surface area contributed by atoms with Gasteiger partial charge < -0.3 is 9.55 Å². The molecule has 2 aromatic carbocycles. The number of imidazole rings is 1. The lowest BCUT2D eigenvalue weighted by Crippen LogP contribution is -2.13. The third-order valence-electron chi connectivity index (χ3n) is 4.44. The third-order valence-corrected chi connectivity index (χ3v) is 5.13. The summed E-state index contributed by atoms with van der Waals surface area (Å²) in [5.41, 5.74) is 4.08. The summed E-state index contributed by atoms with van der Waals surface area (Å²) < 4.78 is 3.36. The van der Waals surface area contributed by atoms with Crippen LogP contribution in [0.25, 0.3) is 10.9 Å². The number of fused-ring (bicyclic) bond motifs is 1. The van der Waals surface area contributed by atoms with Crippen LogP contribution in [-0.4, -0.2) is 14.5 Å². The van der Waals surface area contributed by atoms with Crippen LogP contribution in [0.3, 0.4) is 0 Å². The zero-order chi connectivity index (χ0) is 17.2. The van der Waals surface area contributed by atoms with E-state index >= 15 is 0 Å². The van der Waals surface area contributed by atoms with Gasteiger partial charge in [0.05, 0.1) is 35.9 Å². The number of hydrogen-bond donors (Lipinski definition) is 1. The summed E-state index contributed by atoms with van der Waals surface area (Å²) in [6, 6.07) is 18.4. The zero-order valence-electron chi connectivity index (χ0n) is 13.4. The molecule has 0 saturated carbocycles. The lowest BCUT2D eigenvalue weighted by atomic mass is 10.0. The lowest BCUT2D eigenvalue weighted by molar-refractivity contribution is 0.587. The fraction of sp³-hybridized carbons (Fsp3) is 0.100. The molecule has 4 aromatic rings. The maximum atomic E-state index is 8.98. The first-order valence-corrected chi connectivity index (χ1v) is 8.78. The Morgan fingerprint density at radius 1 is 1.16 bits per heavy atom. The Morgan fingerprint density at radius 3 is 2.72 bits per heavy atom. The van der Waals surface area contributed by atoms with Crippen LogP contribution in [-0.2, 0) is 6.42 Å². The second-order valence-electron chi connectivity index (χ2n) is 5.93. The molecule has 0 aliphatic heterocycles. The van der Waals surface area contributed by atoms with Crippen LogP contribution in [0.2, 0.25) is 0 Å². The van der Waals surface area contributed by atoms with Crippen molar-refractivity contribution in [2.75, 3.05) is 0 Å².